The SMILES string of the molecule is N#CC1=CC=C(C#N)C(n2c3ccccc3c3ccc4c5ccccc5oc4c32)C1. The fraction of sp³-hybridized carbons (Fsp3) is 0.0769. The Morgan fingerprint density at radius 2 is 1.57 bits per heavy atom. The molecule has 0 amide bonds. The fourth-order valence-corrected chi connectivity index (χ4v) is 4.70. The zero-order chi connectivity index (χ0) is 20.2. The van der Waals surface area contributed by atoms with Crippen LogP contribution in [0.3, 0.4) is 0 Å². The van der Waals surface area contributed by atoms with Crippen LogP contribution in [0.5, 0.6) is 0 Å². The van der Waals surface area contributed by atoms with Crippen molar-refractivity contribution in [1.29, 1.82) is 10.5 Å². The van der Waals surface area contributed by atoms with Crippen LogP contribution in [-0.2, 0) is 0 Å². The van der Waals surface area contributed by atoms with E-state index < -0.39 is 0 Å². The number of benzene rings is 3. The maximum atomic E-state index is 9.82. The van der Waals surface area contributed by atoms with Crippen molar-refractivity contribution in [1.82, 2.24) is 4.57 Å². The number of hydrogen-bond acceptors (Lipinski definition) is 3. The van der Waals surface area contributed by atoms with Crippen molar-refractivity contribution < 1.29 is 4.42 Å². The van der Waals surface area contributed by atoms with Gasteiger partial charge >= 0.3 is 0 Å². The molecule has 0 aliphatic heterocycles. The van der Waals surface area contributed by atoms with E-state index in [0.717, 1.165) is 43.7 Å². The van der Waals surface area contributed by atoms with Gasteiger partial charge in [0.2, 0.25) is 0 Å². The number of fused-ring (bicyclic) bond motifs is 7. The molecule has 4 heteroatoms. The fourth-order valence-electron chi connectivity index (χ4n) is 4.70. The zero-order valence-corrected chi connectivity index (χ0v) is 16.0. The molecular formula is C26H15N3O. The van der Waals surface area contributed by atoms with Crippen LogP contribution in [0.15, 0.2) is 88.4 Å². The van der Waals surface area contributed by atoms with E-state index in [1.165, 1.54) is 0 Å². The summed E-state index contributed by atoms with van der Waals surface area (Å²) in [6, 6.07) is 24.8. The maximum Gasteiger partial charge on any atom is 0.159 e. The quantitative estimate of drug-likeness (QED) is 0.329. The van der Waals surface area contributed by atoms with Gasteiger partial charge in [-0.1, -0.05) is 42.5 Å². The first-order valence-electron chi connectivity index (χ1n) is 9.84. The van der Waals surface area contributed by atoms with Crippen LogP contribution < -0.4 is 0 Å². The van der Waals surface area contributed by atoms with E-state index >= 15 is 0 Å². The second-order valence-corrected chi connectivity index (χ2v) is 7.58. The molecule has 2 aromatic heterocycles. The summed E-state index contributed by atoms with van der Waals surface area (Å²) in [5.41, 5.74) is 4.97. The highest BCUT2D eigenvalue weighted by Gasteiger charge is 2.27. The van der Waals surface area contributed by atoms with Gasteiger partial charge in [-0.3, -0.25) is 0 Å². The lowest BCUT2D eigenvalue weighted by molar-refractivity contribution is 0.610. The van der Waals surface area contributed by atoms with E-state index in [2.05, 4.69) is 47.0 Å². The molecule has 4 nitrogen and oxygen atoms in total. The zero-order valence-electron chi connectivity index (χ0n) is 16.0. The van der Waals surface area contributed by atoms with Gasteiger partial charge in [0.1, 0.15) is 5.58 Å². The van der Waals surface area contributed by atoms with Crippen molar-refractivity contribution in [2.45, 2.75) is 12.5 Å². The third-order valence-electron chi connectivity index (χ3n) is 6.04. The molecule has 0 bridgehead atoms. The second-order valence-electron chi connectivity index (χ2n) is 7.58. The van der Waals surface area contributed by atoms with Crippen LogP contribution >= 0.6 is 0 Å². The topological polar surface area (TPSA) is 65.7 Å². The third-order valence-corrected chi connectivity index (χ3v) is 6.04. The van der Waals surface area contributed by atoms with Crippen molar-refractivity contribution in [3.05, 3.63) is 84.0 Å². The van der Waals surface area contributed by atoms with Crippen LogP contribution in [0.25, 0.3) is 43.7 Å². The second kappa shape index (κ2) is 6.11. The average molecular weight is 385 g/mol. The summed E-state index contributed by atoms with van der Waals surface area (Å²) in [4.78, 5) is 0. The Morgan fingerprint density at radius 1 is 0.800 bits per heavy atom. The lowest BCUT2D eigenvalue weighted by Gasteiger charge is -2.23. The van der Waals surface area contributed by atoms with Gasteiger partial charge in [0.05, 0.1) is 29.3 Å². The Morgan fingerprint density at radius 3 is 2.40 bits per heavy atom. The number of nitriles is 2. The van der Waals surface area contributed by atoms with Gasteiger partial charge in [0.25, 0.3) is 0 Å². The highest BCUT2D eigenvalue weighted by molar-refractivity contribution is 6.20. The number of rotatable bonds is 1. The summed E-state index contributed by atoms with van der Waals surface area (Å²) in [6.45, 7) is 0. The predicted molar refractivity (Wildman–Crippen MR) is 118 cm³/mol. The number of aromatic nitrogens is 1. The molecule has 30 heavy (non-hydrogen) atoms. The minimum atomic E-state index is -0.254. The monoisotopic (exact) mass is 385 g/mol. The smallest absolute Gasteiger partial charge is 0.159 e. The van der Waals surface area contributed by atoms with E-state index in [1.807, 2.05) is 30.3 Å². The van der Waals surface area contributed by atoms with Crippen molar-refractivity contribution in [2.24, 2.45) is 0 Å². The molecule has 1 unspecified atom stereocenters. The van der Waals surface area contributed by atoms with Gasteiger partial charge in [0.15, 0.2) is 5.58 Å². The highest BCUT2D eigenvalue weighted by Crippen LogP contribution is 2.43. The highest BCUT2D eigenvalue weighted by atomic mass is 16.3. The normalized spacial score (nSPS) is 16.5. The summed E-state index contributed by atoms with van der Waals surface area (Å²) in [7, 11) is 0. The Hall–Kier alpha value is -4.28. The van der Waals surface area contributed by atoms with Gasteiger partial charge in [0, 0.05) is 39.1 Å². The molecule has 1 aliphatic rings. The Kier molecular flexibility index (Phi) is 3.39. The van der Waals surface area contributed by atoms with Crippen LogP contribution in [0.1, 0.15) is 12.5 Å². The summed E-state index contributed by atoms with van der Waals surface area (Å²) in [5, 5.41) is 23.6. The first-order valence-corrected chi connectivity index (χ1v) is 9.84. The maximum absolute atomic E-state index is 9.82. The van der Waals surface area contributed by atoms with Crippen molar-refractivity contribution in [3.8, 4) is 12.1 Å². The number of furan rings is 1. The lowest BCUT2D eigenvalue weighted by atomic mass is 9.94. The first-order chi connectivity index (χ1) is 14.8. The summed E-state index contributed by atoms with van der Waals surface area (Å²) < 4.78 is 8.54. The molecule has 6 rings (SSSR count). The molecule has 0 fully saturated rings. The summed E-state index contributed by atoms with van der Waals surface area (Å²) >= 11 is 0. The van der Waals surface area contributed by atoms with Gasteiger partial charge < -0.3 is 8.98 Å². The molecule has 0 radical (unpaired) electrons. The minimum absolute atomic E-state index is 0.254. The summed E-state index contributed by atoms with van der Waals surface area (Å²) in [6.07, 6.45) is 4.01. The molecule has 0 spiro atoms. The van der Waals surface area contributed by atoms with Crippen molar-refractivity contribution in [3.63, 3.8) is 0 Å². The average Bonchev–Trinajstić information content (AvgIpc) is 3.34. The molecule has 140 valence electrons. The Bertz CT molecular complexity index is 1650. The van der Waals surface area contributed by atoms with Crippen LogP contribution in [0.2, 0.25) is 0 Å². The van der Waals surface area contributed by atoms with E-state index in [9.17, 15) is 10.5 Å². The van der Waals surface area contributed by atoms with E-state index in [-0.39, 0.29) is 6.04 Å². The van der Waals surface area contributed by atoms with Gasteiger partial charge in [-0.15, -0.1) is 0 Å². The van der Waals surface area contributed by atoms with Crippen LogP contribution in [0.4, 0.5) is 0 Å². The van der Waals surface area contributed by atoms with Gasteiger partial charge in [-0.2, -0.15) is 10.5 Å². The predicted octanol–water partition coefficient (Wildman–Crippen LogP) is 6.54. The number of allylic oxidation sites excluding steroid dienone is 4. The minimum Gasteiger partial charge on any atom is -0.454 e. The molecule has 0 saturated carbocycles. The molecule has 3 aromatic carbocycles. The molecule has 0 N–H and O–H groups in total. The summed E-state index contributed by atoms with van der Waals surface area (Å²) in [5.74, 6) is 0. The van der Waals surface area contributed by atoms with Crippen LogP contribution in [-0.4, -0.2) is 4.57 Å². The molecule has 1 aliphatic carbocycles. The molecular weight excluding hydrogens is 370 g/mol. The van der Waals surface area contributed by atoms with Gasteiger partial charge in [-0.25, -0.2) is 0 Å². The number of nitrogens with zero attached hydrogens (tertiary/aromatic N) is 3. The van der Waals surface area contributed by atoms with E-state index in [1.54, 1.807) is 12.2 Å². The Balaban J connectivity index is 1.80. The molecule has 2 heterocycles. The number of para-hydroxylation sites is 2. The Labute approximate surface area is 172 Å². The van der Waals surface area contributed by atoms with Gasteiger partial charge in [-0.05, 0) is 30.4 Å². The van der Waals surface area contributed by atoms with Crippen molar-refractivity contribution in [2.75, 3.05) is 0 Å². The van der Waals surface area contributed by atoms with E-state index in [4.69, 9.17) is 4.42 Å². The number of hydrogen-bond donors (Lipinski definition) is 0. The molecule has 5 aromatic rings. The molecule has 1 atom stereocenters. The molecule has 0 saturated heterocycles. The van der Waals surface area contributed by atoms with Crippen molar-refractivity contribution >= 4 is 43.7 Å². The lowest BCUT2D eigenvalue weighted by Crippen LogP contribution is -2.14. The van der Waals surface area contributed by atoms with E-state index in [0.29, 0.717) is 17.6 Å². The van der Waals surface area contributed by atoms with Crippen LogP contribution in [0, 0.1) is 22.7 Å². The largest absolute Gasteiger partial charge is 0.454 e. The third kappa shape index (κ3) is 2.14. The standard InChI is InChI=1S/C26H15N3O/c27-14-16-9-10-17(15-28)23(13-16)29-22-7-3-1-5-18(22)20-11-12-21-19-6-2-4-8-24(19)30-26(21)25(20)29/h1-12,23H,13H2. The first kappa shape index (κ1) is 16.7.